The number of benzene rings is 2. The molecule has 0 unspecified atom stereocenters. The lowest BCUT2D eigenvalue weighted by molar-refractivity contribution is 0.339. The molecule has 0 amide bonds. The Bertz CT molecular complexity index is 594. The predicted octanol–water partition coefficient (Wildman–Crippen LogP) is 3.35. The van der Waals surface area contributed by atoms with Crippen LogP contribution in [0.5, 0.6) is 23.0 Å². The van der Waals surface area contributed by atoms with Crippen molar-refractivity contribution in [3.05, 3.63) is 47.8 Å². The van der Waals surface area contributed by atoms with Gasteiger partial charge in [-0.3, -0.25) is 0 Å². The summed E-state index contributed by atoms with van der Waals surface area (Å²) in [6.45, 7) is 0.592. The first-order valence-corrected chi connectivity index (χ1v) is 6.51. The third-order valence-corrected chi connectivity index (χ3v) is 2.97. The fraction of sp³-hybridized carbons (Fsp3) is 0.250. The van der Waals surface area contributed by atoms with Gasteiger partial charge in [0.1, 0.15) is 0 Å². The van der Waals surface area contributed by atoms with Crippen LogP contribution in [0.1, 0.15) is 5.56 Å². The lowest BCUT2D eigenvalue weighted by Gasteiger charge is -2.14. The zero-order valence-electron chi connectivity index (χ0n) is 12.3. The van der Waals surface area contributed by atoms with E-state index in [0.29, 0.717) is 23.8 Å². The summed E-state index contributed by atoms with van der Waals surface area (Å²) in [4.78, 5) is 0. The molecule has 0 fully saturated rings. The first kappa shape index (κ1) is 15.1. The maximum atomic E-state index is 14.1. The highest BCUT2D eigenvalue weighted by molar-refractivity contribution is 5.53. The van der Waals surface area contributed by atoms with Crippen molar-refractivity contribution in [2.24, 2.45) is 0 Å². The number of rotatable bonds is 6. The van der Waals surface area contributed by atoms with Crippen LogP contribution in [0.2, 0.25) is 0 Å². The first-order chi connectivity index (χ1) is 10.2. The highest BCUT2D eigenvalue weighted by Crippen LogP contribution is 2.40. The lowest BCUT2D eigenvalue weighted by atomic mass is 10.2. The summed E-state index contributed by atoms with van der Waals surface area (Å²) in [6.07, 6.45) is 0. The number of hydrogen-bond acceptors (Lipinski definition) is 4. The molecule has 0 spiro atoms. The highest BCUT2D eigenvalue weighted by Gasteiger charge is 2.14. The third kappa shape index (κ3) is 3.44. The second kappa shape index (κ2) is 6.95. The molecule has 0 aliphatic carbocycles. The number of para-hydroxylation sites is 1. The topological polar surface area (TPSA) is 39.7 Å². The van der Waals surface area contributed by atoms with E-state index >= 15 is 0 Å². The van der Waals surface area contributed by atoms with E-state index in [1.54, 1.807) is 30.3 Å². The average Bonchev–Trinajstić information content (AvgIpc) is 2.50. The molecule has 0 saturated heterocycles. The van der Waals surface area contributed by atoms with Gasteiger partial charge in [0.2, 0.25) is 5.75 Å². The van der Waals surface area contributed by atoms with Gasteiger partial charge in [0.05, 0.1) is 14.2 Å². The van der Waals surface area contributed by atoms with Crippen LogP contribution in [-0.2, 0) is 6.54 Å². The number of methoxy groups -OCH3 is 2. The molecule has 0 heterocycles. The van der Waals surface area contributed by atoms with Crippen LogP contribution in [0.15, 0.2) is 36.4 Å². The van der Waals surface area contributed by atoms with Gasteiger partial charge in [0, 0.05) is 6.54 Å². The standard InChI is InChI=1S/C16H18FNO3/c1-18-10-11-7-8-13(12(17)9-11)21-16-14(19-2)5-4-6-15(16)20-3/h4-9,18H,10H2,1-3H3. The van der Waals surface area contributed by atoms with E-state index in [0.717, 1.165) is 5.56 Å². The van der Waals surface area contributed by atoms with Gasteiger partial charge in [0.15, 0.2) is 23.1 Å². The van der Waals surface area contributed by atoms with Gasteiger partial charge in [-0.15, -0.1) is 0 Å². The molecule has 2 rings (SSSR count). The normalized spacial score (nSPS) is 10.3. The number of halogens is 1. The maximum Gasteiger partial charge on any atom is 0.211 e. The van der Waals surface area contributed by atoms with E-state index in [9.17, 15) is 4.39 Å². The van der Waals surface area contributed by atoms with Crippen molar-refractivity contribution in [2.75, 3.05) is 21.3 Å². The fourth-order valence-corrected chi connectivity index (χ4v) is 1.97. The minimum atomic E-state index is -0.435. The minimum absolute atomic E-state index is 0.123. The third-order valence-electron chi connectivity index (χ3n) is 2.97. The molecule has 0 radical (unpaired) electrons. The Morgan fingerprint density at radius 2 is 1.67 bits per heavy atom. The van der Waals surface area contributed by atoms with Gasteiger partial charge >= 0.3 is 0 Å². The van der Waals surface area contributed by atoms with Crippen molar-refractivity contribution in [2.45, 2.75) is 6.54 Å². The Balaban J connectivity index is 2.34. The molecule has 112 valence electrons. The molecule has 21 heavy (non-hydrogen) atoms. The van der Waals surface area contributed by atoms with Crippen molar-refractivity contribution >= 4 is 0 Å². The number of ether oxygens (including phenoxy) is 3. The van der Waals surface area contributed by atoms with Gasteiger partial charge in [-0.25, -0.2) is 4.39 Å². The Labute approximate surface area is 123 Å². The van der Waals surface area contributed by atoms with Gasteiger partial charge < -0.3 is 19.5 Å². The molecule has 0 atom stereocenters. The first-order valence-electron chi connectivity index (χ1n) is 6.51. The molecule has 4 nitrogen and oxygen atoms in total. The van der Waals surface area contributed by atoms with Crippen LogP contribution in [0, 0.1) is 5.82 Å². The van der Waals surface area contributed by atoms with E-state index in [1.807, 2.05) is 7.05 Å². The molecule has 5 heteroatoms. The summed E-state index contributed by atoms with van der Waals surface area (Å²) in [7, 11) is 4.85. The summed E-state index contributed by atoms with van der Waals surface area (Å²) in [5.41, 5.74) is 0.842. The monoisotopic (exact) mass is 291 g/mol. The van der Waals surface area contributed by atoms with Gasteiger partial charge in [-0.1, -0.05) is 12.1 Å². The second-order valence-corrected chi connectivity index (χ2v) is 4.39. The Kier molecular flexibility index (Phi) is 5.00. The maximum absolute atomic E-state index is 14.1. The van der Waals surface area contributed by atoms with E-state index in [4.69, 9.17) is 14.2 Å². The summed E-state index contributed by atoms with van der Waals surface area (Å²) >= 11 is 0. The van der Waals surface area contributed by atoms with Crippen LogP contribution < -0.4 is 19.5 Å². The van der Waals surface area contributed by atoms with Crippen LogP contribution in [0.25, 0.3) is 0 Å². The van der Waals surface area contributed by atoms with Crippen LogP contribution in [0.3, 0.4) is 0 Å². The van der Waals surface area contributed by atoms with E-state index in [1.165, 1.54) is 20.3 Å². The number of nitrogens with one attached hydrogen (secondary N) is 1. The molecular formula is C16H18FNO3. The second-order valence-electron chi connectivity index (χ2n) is 4.39. The Morgan fingerprint density at radius 3 is 2.19 bits per heavy atom. The lowest BCUT2D eigenvalue weighted by Crippen LogP contribution is -2.05. The SMILES string of the molecule is CNCc1ccc(Oc2c(OC)cccc2OC)c(F)c1. The molecule has 0 bridgehead atoms. The highest BCUT2D eigenvalue weighted by atomic mass is 19.1. The molecule has 0 aliphatic rings. The van der Waals surface area contributed by atoms with Crippen molar-refractivity contribution < 1.29 is 18.6 Å². The van der Waals surface area contributed by atoms with Gasteiger partial charge in [-0.05, 0) is 36.9 Å². The quantitative estimate of drug-likeness (QED) is 0.886. The fourth-order valence-electron chi connectivity index (χ4n) is 1.97. The van der Waals surface area contributed by atoms with Crippen molar-refractivity contribution in [3.63, 3.8) is 0 Å². The van der Waals surface area contributed by atoms with E-state index in [-0.39, 0.29) is 5.75 Å². The molecule has 0 aromatic heterocycles. The Hall–Kier alpha value is -2.27. The smallest absolute Gasteiger partial charge is 0.211 e. The summed E-state index contributed by atoms with van der Waals surface area (Å²) in [5, 5.41) is 2.97. The van der Waals surface area contributed by atoms with Crippen LogP contribution in [0.4, 0.5) is 4.39 Å². The summed E-state index contributed by atoms with van der Waals surface area (Å²) < 4.78 is 30.2. The molecule has 1 N–H and O–H groups in total. The molecular weight excluding hydrogens is 273 g/mol. The van der Waals surface area contributed by atoms with Crippen molar-refractivity contribution in [1.82, 2.24) is 5.32 Å². The van der Waals surface area contributed by atoms with Crippen molar-refractivity contribution in [1.29, 1.82) is 0 Å². The van der Waals surface area contributed by atoms with Crippen molar-refractivity contribution in [3.8, 4) is 23.0 Å². The van der Waals surface area contributed by atoms with Gasteiger partial charge in [-0.2, -0.15) is 0 Å². The number of hydrogen-bond donors (Lipinski definition) is 1. The van der Waals surface area contributed by atoms with E-state index in [2.05, 4.69) is 5.32 Å². The van der Waals surface area contributed by atoms with Crippen LogP contribution in [-0.4, -0.2) is 21.3 Å². The minimum Gasteiger partial charge on any atom is -0.493 e. The zero-order valence-corrected chi connectivity index (χ0v) is 12.3. The molecule has 0 saturated carbocycles. The van der Waals surface area contributed by atoms with Crippen LogP contribution >= 0.6 is 0 Å². The Morgan fingerprint density at radius 1 is 1.00 bits per heavy atom. The molecule has 2 aromatic rings. The molecule has 0 aliphatic heterocycles. The molecule has 2 aromatic carbocycles. The average molecular weight is 291 g/mol. The van der Waals surface area contributed by atoms with Gasteiger partial charge in [0.25, 0.3) is 0 Å². The van der Waals surface area contributed by atoms with E-state index < -0.39 is 5.82 Å². The largest absolute Gasteiger partial charge is 0.493 e. The zero-order chi connectivity index (χ0) is 15.2. The summed E-state index contributed by atoms with van der Waals surface area (Å²) in [5.74, 6) is 0.997. The predicted molar refractivity (Wildman–Crippen MR) is 78.8 cm³/mol. The summed E-state index contributed by atoms with van der Waals surface area (Å²) in [6, 6.07) is 10.1.